The Balaban J connectivity index is 1.95. The molecule has 0 saturated heterocycles. The standard InChI is InChI=1S/C19H23NO2/c1-13-9-10-15(3)18(11-13)22-16(4)19(21)20-12-17-8-6-5-7-14(17)2/h5-11,16H,12H2,1-4H3,(H,20,21)/t16-/m1/s1. The minimum atomic E-state index is -0.524. The fourth-order valence-corrected chi connectivity index (χ4v) is 2.21. The summed E-state index contributed by atoms with van der Waals surface area (Å²) in [5, 5.41) is 2.93. The van der Waals surface area contributed by atoms with Crippen LogP contribution >= 0.6 is 0 Å². The van der Waals surface area contributed by atoms with Crippen LogP contribution in [0.1, 0.15) is 29.2 Å². The van der Waals surface area contributed by atoms with Crippen molar-refractivity contribution in [2.45, 2.75) is 40.3 Å². The molecule has 1 N–H and O–H groups in total. The molecule has 1 amide bonds. The molecule has 22 heavy (non-hydrogen) atoms. The van der Waals surface area contributed by atoms with E-state index in [2.05, 4.69) is 5.32 Å². The first-order valence-electron chi connectivity index (χ1n) is 7.53. The number of rotatable bonds is 5. The van der Waals surface area contributed by atoms with Gasteiger partial charge < -0.3 is 10.1 Å². The fourth-order valence-electron chi connectivity index (χ4n) is 2.21. The van der Waals surface area contributed by atoms with Gasteiger partial charge in [0.15, 0.2) is 6.10 Å². The number of hydrogen-bond donors (Lipinski definition) is 1. The van der Waals surface area contributed by atoms with Crippen LogP contribution in [-0.4, -0.2) is 12.0 Å². The lowest BCUT2D eigenvalue weighted by atomic mass is 10.1. The summed E-state index contributed by atoms with van der Waals surface area (Å²) in [6.45, 7) is 8.32. The molecule has 0 fully saturated rings. The van der Waals surface area contributed by atoms with Gasteiger partial charge >= 0.3 is 0 Å². The van der Waals surface area contributed by atoms with Crippen LogP contribution in [-0.2, 0) is 11.3 Å². The van der Waals surface area contributed by atoms with Gasteiger partial charge in [-0.25, -0.2) is 0 Å². The van der Waals surface area contributed by atoms with Gasteiger partial charge in [-0.2, -0.15) is 0 Å². The highest BCUT2D eigenvalue weighted by atomic mass is 16.5. The Labute approximate surface area is 132 Å². The zero-order valence-corrected chi connectivity index (χ0v) is 13.6. The molecule has 0 aromatic heterocycles. The van der Waals surface area contributed by atoms with Gasteiger partial charge in [0.05, 0.1) is 0 Å². The summed E-state index contributed by atoms with van der Waals surface area (Å²) in [7, 11) is 0. The first-order valence-corrected chi connectivity index (χ1v) is 7.53. The van der Waals surface area contributed by atoms with Crippen LogP contribution in [0.15, 0.2) is 42.5 Å². The number of benzene rings is 2. The summed E-state index contributed by atoms with van der Waals surface area (Å²) in [4.78, 5) is 12.2. The Kier molecular flexibility index (Phi) is 5.21. The molecule has 3 nitrogen and oxygen atoms in total. The van der Waals surface area contributed by atoms with Crippen LogP contribution in [0, 0.1) is 20.8 Å². The van der Waals surface area contributed by atoms with E-state index in [-0.39, 0.29) is 5.91 Å². The van der Waals surface area contributed by atoms with Crippen LogP contribution < -0.4 is 10.1 Å². The van der Waals surface area contributed by atoms with Gasteiger partial charge in [-0.3, -0.25) is 4.79 Å². The van der Waals surface area contributed by atoms with E-state index >= 15 is 0 Å². The van der Waals surface area contributed by atoms with E-state index in [1.807, 2.05) is 63.2 Å². The maximum absolute atomic E-state index is 12.2. The SMILES string of the molecule is Cc1ccc(C)c(O[C@H](C)C(=O)NCc2ccccc2C)c1. The second-order valence-electron chi connectivity index (χ2n) is 5.67. The Bertz CT molecular complexity index is 664. The molecule has 2 aromatic carbocycles. The van der Waals surface area contributed by atoms with Crippen molar-refractivity contribution in [2.75, 3.05) is 0 Å². The van der Waals surface area contributed by atoms with Gasteiger partial charge in [-0.1, -0.05) is 36.4 Å². The molecule has 2 aromatic rings. The highest BCUT2D eigenvalue weighted by Crippen LogP contribution is 2.20. The van der Waals surface area contributed by atoms with Crippen molar-refractivity contribution in [3.8, 4) is 5.75 Å². The monoisotopic (exact) mass is 297 g/mol. The van der Waals surface area contributed by atoms with Crippen LogP contribution in [0.4, 0.5) is 0 Å². The first kappa shape index (κ1) is 16.1. The van der Waals surface area contributed by atoms with E-state index < -0.39 is 6.10 Å². The van der Waals surface area contributed by atoms with Crippen LogP contribution in [0.3, 0.4) is 0 Å². The van der Waals surface area contributed by atoms with Crippen molar-refractivity contribution in [3.05, 3.63) is 64.7 Å². The molecule has 0 aliphatic rings. The third-order valence-electron chi connectivity index (χ3n) is 3.73. The molecular weight excluding hydrogens is 274 g/mol. The Hall–Kier alpha value is -2.29. The topological polar surface area (TPSA) is 38.3 Å². The molecule has 0 unspecified atom stereocenters. The molecule has 0 aliphatic heterocycles. The smallest absolute Gasteiger partial charge is 0.261 e. The number of nitrogens with one attached hydrogen (secondary N) is 1. The lowest BCUT2D eigenvalue weighted by molar-refractivity contribution is -0.127. The normalized spacial score (nSPS) is 11.8. The molecule has 0 heterocycles. The quantitative estimate of drug-likeness (QED) is 0.914. The molecule has 0 saturated carbocycles. The maximum atomic E-state index is 12.2. The van der Waals surface area contributed by atoms with Crippen molar-refractivity contribution in [2.24, 2.45) is 0 Å². The summed E-state index contributed by atoms with van der Waals surface area (Å²) in [6, 6.07) is 14.0. The largest absolute Gasteiger partial charge is 0.481 e. The molecule has 0 spiro atoms. The van der Waals surface area contributed by atoms with E-state index in [1.165, 1.54) is 5.56 Å². The summed E-state index contributed by atoms with van der Waals surface area (Å²) >= 11 is 0. The Morgan fingerprint density at radius 3 is 2.55 bits per heavy atom. The highest BCUT2D eigenvalue weighted by Gasteiger charge is 2.15. The van der Waals surface area contributed by atoms with Crippen molar-refractivity contribution < 1.29 is 9.53 Å². The van der Waals surface area contributed by atoms with Gasteiger partial charge in [0.2, 0.25) is 0 Å². The maximum Gasteiger partial charge on any atom is 0.261 e. The molecule has 2 rings (SSSR count). The minimum absolute atomic E-state index is 0.107. The average Bonchev–Trinajstić information content (AvgIpc) is 2.49. The third-order valence-corrected chi connectivity index (χ3v) is 3.73. The predicted octanol–water partition coefficient (Wildman–Crippen LogP) is 3.70. The second-order valence-corrected chi connectivity index (χ2v) is 5.67. The Morgan fingerprint density at radius 2 is 1.82 bits per heavy atom. The van der Waals surface area contributed by atoms with Gasteiger partial charge in [0, 0.05) is 6.54 Å². The van der Waals surface area contributed by atoms with E-state index in [9.17, 15) is 4.79 Å². The molecule has 0 aliphatic carbocycles. The summed E-state index contributed by atoms with van der Waals surface area (Å²) < 4.78 is 5.79. The molecule has 1 atom stereocenters. The van der Waals surface area contributed by atoms with Crippen molar-refractivity contribution in [1.29, 1.82) is 0 Å². The summed E-state index contributed by atoms with van der Waals surface area (Å²) in [5.41, 5.74) is 4.44. The average molecular weight is 297 g/mol. The van der Waals surface area contributed by atoms with E-state index in [4.69, 9.17) is 4.74 Å². The van der Waals surface area contributed by atoms with E-state index in [1.54, 1.807) is 6.92 Å². The van der Waals surface area contributed by atoms with Crippen molar-refractivity contribution >= 4 is 5.91 Å². The number of amides is 1. The number of ether oxygens (including phenoxy) is 1. The van der Waals surface area contributed by atoms with Crippen LogP contribution in [0.2, 0.25) is 0 Å². The molecular formula is C19H23NO2. The molecule has 0 bridgehead atoms. The zero-order valence-electron chi connectivity index (χ0n) is 13.6. The van der Waals surface area contributed by atoms with Crippen molar-refractivity contribution in [3.63, 3.8) is 0 Å². The first-order chi connectivity index (χ1) is 10.5. The molecule has 0 radical (unpaired) electrons. The van der Waals surface area contributed by atoms with E-state index in [0.29, 0.717) is 6.54 Å². The lowest BCUT2D eigenvalue weighted by Gasteiger charge is -2.17. The number of carbonyl (C=O) groups is 1. The number of carbonyl (C=O) groups excluding carboxylic acids is 1. The lowest BCUT2D eigenvalue weighted by Crippen LogP contribution is -2.36. The van der Waals surface area contributed by atoms with Gasteiger partial charge in [0.25, 0.3) is 5.91 Å². The van der Waals surface area contributed by atoms with Crippen LogP contribution in [0.5, 0.6) is 5.75 Å². The summed E-state index contributed by atoms with van der Waals surface area (Å²) in [6.07, 6.45) is -0.524. The molecule has 116 valence electrons. The third kappa shape index (κ3) is 4.10. The number of aryl methyl sites for hydroxylation is 3. The number of hydrogen-bond acceptors (Lipinski definition) is 2. The van der Waals surface area contributed by atoms with Gasteiger partial charge in [-0.05, 0) is 56.0 Å². The fraction of sp³-hybridized carbons (Fsp3) is 0.316. The Morgan fingerprint density at radius 1 is 1.09 bits per heavy atom. The zero-order chi connectivity index (χ0) is 16.1. The highest BCUT2D eigenvalue weighted by molar-refractivity contribution is 5.80. The van der Waals surface area contributed by atoms with Crippen molar-refractivity contribution in [1.82, 2.24) is 5.32 Å². The summed E-state index contributed by atoms with van der Waals surface area (Å²) in [5.74, 6) is 0.655. The molecule has 3 heteroatoms. The van der Waals surface area contributed by atoms with E-state index in [0.717, 1.165) is 22.4 Å². The van der Waals surface area contributed by atoms with Gasteiger partial charge in [-0.15, -0.1) is 0 Å². The van der Waals surface area contributed by atoms with Gasteiger partial charge in [0.1, 0.15) is 5.75 Å². The van der Waals surface area contributed by atoms with Crippen LogP contribution in [0.25, 0.3) is 0 Å². The predicted molar refractivity (Wildman–Crippen MR) is 89.0 cm³/mol. The minimum Gasteiger partial charge on any atom is -0.481 e. The second kappa shape index (κ2) is 7.12.